The number of rotatable bonds is 7. The molecule has 0 radical (unpaired) electrons. The number of piperidine rings is 1. The molecule has 0 aliphatic carbocycles. The van der Waals surface area contributed by atoms with Crippen molar-refractivity contribution in [3.63, 3.8) is 0 Å². The molecule has 2 aliphatic rings. The Hall–Kier alpha value is -2.47. The van der Waals surface area contributed by atoms with Crippen LogP contribution in [0.15, 0.2) is 51.6 Å². The zero-order valence-electron chi connectivity index (χ0n) is 17.7. The standard InChI is InChI=1S/C22H23N3O5S3/c26-20(16-6-4-8-18(14-16)33(29,30)24-10-2-1-3-11-24)23-9-12-25-21(27)19(32-22(25)28)15-17-7-5-13-31-17/h4-8,13-15H,1-3,9-12H2,(H,23,26)/b19-15-. The van der Waals surface area contributed by atoms with Gasteiger partial charge in [-0.2, -0.15) is 4.31 Å². The molecular weight excluding hydrogens is 482 g/mol. The number of benzene rings is 1. The van der Waals surface area contributed by atoms with Gasteiger partial charge >= 0.3 is 0 Å². The third-order valence-corrected chi connectivity index (χ3v) is 8.98. The fourth-order valence-corrected chi connectivity index (χ4v) is 6.78. The zero-order valence-corrected chi connectivity index (χ0v) is 20.2. The number of amides is 3. The number of hydrogen-bond donors (Lipinski definition) is 1. The van der Waals surface area contributed by atoms with E-state index in [1.54, 1.807) is 6.08 Å². The van der Waals surface area contributed by atoms with Crippen LogP contribution in [0.2, 0.25) is 0 Å². The molecule has 3 heterocycles. The number of thiophene rings is 1. The molecule has 174 valence electrons. The van der Waals surface area contributed by atoms with Crippen LogP contribution < -0.4 is 5.32 Å². The predicted octanol–water partition coefficient (Wildman–Crippen LogP) is 3.39. The molecule has 1 N–H and O–H groups in total. The molecule has 1 aromatic heterocycles. The summed E-state index contributed by atoms with van der Waals surface area (Å²) in [4.78, 5) is 39.8. The first-order valence-electron chi connectivity index (χ1n) is 10.5. The van der Waals surface area contributed by atoms with Gasteiger partial charge in [-0.1, -0.05) is 18.6 Å². The van der Waals surface area contributed by atoms with Crippen molar-refractivity contribution >= 4 is 56.3 Å². The lowest BCUT2D eigenvalue weighted by atomic mass is 10.2. The number of nitrogens with zero attached hydrogens (tertiary/aromatic N) is 2. The normalized spacial score (nSPS) is 18.8. The second-order valence-electron chi connectivity index (χ2n) is 7.60. The molecule has 2 saturated heterocycles. The largest absolute Gasteiger partial charge is 0.350 e. The van der Waals surface area contributed by atoms with Crippen LogP contribution in [-0.2, 0) is 14.8 Å². The smallest absolute Gasteiger partial charge is 0.293 e. The minimum atomic E-state index is -3.65. The molecule has 0 bridgehead atoms. The van der Waals surface area contributed by atoms with Crippen molar-refractivity contribution in [2.45, 2.75) is 24.2 Å². The van der Waals surface area contributed by atoms with Crippen molar-refractivity contribution in [1.82, 2.24) is 14.5 Å². The lowest BCUT2D eigenvalue weighted by molar-refractivity contribution is -0.122. The monoisotopic (exact) mass is 505 g/mol. The Morgan fingerprint density at radius 2 is 1.88 bits per heavy atom. The maximum atomic E-state index is 12.9. The number of hydrogen-bond acceptors (Lipinski definition) is 7. The number of thioether (sulfide) groups is 1. The Bertz CT molecular complexity index is 1190. The van der Waals surface area contributed by atoms with E-state index in [9.17, 15) is 22.8 Å². The Labute approximate surface area is 200 Å². The molecule has 0 unspecified atom stereocenters. The maximum absolute atomic E-state index is 12.9. The highest BCUT2D eigenvalue weighted by Gasteiger charge is 2.34. The summed E-state index contributed by atoms with van der Waals surface area (Å²) in [5.41, 5.74) is 0.208. The van der Waals surface area contributed by atoms with Gasteiger partial charge in [0.1, 0.15) is 0 Å². The summed E-state index contributed by atoms with van der Waals surface area (Å²) in [7, 11) is -3.65. The van der Waals surface area contributed by atoms with Crippen LogP contribution in [0.5, 0.6) is 0 Å². The van der Waals surface area contributed by atoms with Crippen LogP contribution in [0.3, 0.4) is 0 Å². The molecule has 2 aromatic rings. The number of carbonyl (C=O) groups excluding carboxylic acids is 3. The minimum absolute atomic E-state index is 0.0317. The molecule has 0 atom stereocenters. The lowest BCUT2D eigenvalue weighted by Gasteiger charge is -2.26. The summed E-state index contributed by atoms with van der Waals surface area (Å²) in [6.07, 6.45) is 4.36. The molecule has 8 nitrogen and oxygen atoms in total. The van der Waals surface area contributed by atoms with Crippen molar-refractivity contribution < 1.29 is 22.8 Å². The van der Waals surface area contributed by atoms with Crippen molar-refractivity contribution in [2.75, 3.05) is 26.2 Å². The molecule has 4 rings (SSSR count). The molecule has 2 aliphatic heterocycles. The topological polar surface area (TPSA) is 104 Å². The van der Waals surface area contributed by atoms with Gasteiger partial charge in [-0.3, -0.25) is 19.3 Å². The highest BCUT2D eigenvalue weighted by Crippen LogP contribution is 2.32. The van der Waals surface area contributed by atoms with Crippen LogP contribution in [0.25, 0.3) is 6.08 Å². The summed E-state index contributed by atoms with van der Waals surface area (Å²) in [5, 5.41) is 4.17. The van der Waals surface area contributed by atoms with E-state index in [-0.39, 0.29) is 34.7 Å². The Kier molecular flexibility index (Phi) is 7.32. The molecule has 0 saturated carbocycles. The van der Waals surface area contributed by atoms with Gasteiger partial charge < -0.3 is 5.32 Å². The van der Waals surface area contributed by atoms with Gasteiger partial charge in [0.15, 0.2) is 0 Å². The van der Waals surface area contributed by atoms with Crippen LogP contribution in [0.1, 0.15) is 34.5 Å². The quantitative estimate of drug-likeness (QED) is 0.579. The second-order valence-corrected chi connectivity index (χ2v) is 11.5. The number of sulfonamides is 1. The zero-order chi connectivity index (χ0) is 23.4. The van der Waals surface area contributed by atoms with E-state index in [1.807, 2.05) is 17.5 Å². The van der Waals surface area contributed by atoms with E-state index in [2.05, 4.69) is 5.32 Å². The molecule has 1 aromatic carbocycles. The fourth-order valence-electron chi connectivity index (χ4n) is 3.63. The third kappa shape index (κ3) is 5.37. The van der Waals surface area contributed by atoms with Gasteiger partial charge in [0.05, 0.1) is 9.80 Å². The van der Waals surface area contributed by atoms with Crippen molar-refractivity contribution in [3.8, 4) is 0 Å². The van der Waals surface area contributed by atoms with Gasteiger partial charge in [0.2, 0.25) is 10.0 Å². The summed E-state index contributed by atoms with van der Waals surface area (Å²) in [6, 6.07) is 9.65. The molecule has 3 amide bonds. The van der Waals surface area contributed by atoms with E-state index in [0.717, 1.165) is 40.8 Å². The lowest BCUT2D eigenvalue weighted by Crippen LogP contribution is -2.37. The first kappa shape index (κ1) is 23.7. The average Bonchev–Trinajstić information content (AvgIpc) is 3.43. The minimum Gasteiger partial charge on any atom is -0.350 e. The molecule has 0 spiro atoms. The van der Waals surface area contributed by atoms with E-state index in [0.29, 0.717) is 18.0 Å². The number of nitrogens with one attached hydrogen (secondary N) is 1. The Balaban J connectivity index is 1.36. The molecular formula is C22H23N3O5S3. The van der Waals surface area contributed by atoms with E-state index in [1.165, 1.54) is 39.9 Å². The SMILES string of the molecule is O=C(NCCN1C(=O)S/C(=C\c2cccs2)C1=O)c1cccc(S(=O)(=O)N2CCCCC2)c1. The van der Waals surface area contributed by atoms with Crippen molar-refractivity contribution in [1.29, 1.82) is 0 Å². The summed E-state index contributed by atoms with van der Waals surface area (Å²) < 4.78 is 27.2. The summed E-state index contributed by atoms with van der Waals surface area (Å²) in [5.74, 6) is -0.853. The van der Waals surface area contributed by atoms with Crippen LogP contribution >= 0.6 is 23.1 Å². The van der Waals surface area contributed by atoms with E-state index >= 15 is 0 Å². The molecule has 11 heteroatoms. The van der Waals surface area contributed by atoms with Crippen LogP contribution in [0, 0.1) is 0 Å². The van der Waals surface area contributed by atoms with Gasteiger partial charge in [-0.15, -0.1) is 11.3 Å². The van der Waals surface area contributed by atoms with Crippen molar-refractivity contribution in [2.24, 2.45) is 0 Å². The van der Waals surface area contributed by atoms with E-state index in [4.69, 9.17) is 0 Å². The van der Waals surface area contributed by atoms with Crippen molar-refractivity contribution in [3.05, 3.63) is 57.1 Å². The second kappa shape index (κ2) is 10.2. The van der Waals surface area contributed by atoms with Gasteiger partial charge in [0, 0.05) is 36.6 Å². The van der Waals surface area contributed by atoms with Crippen LogP contribution in [0.4, 0.5) is 4.79 Å². The predicted molar refractivity (Wildman–Crippen MR) is 128 cm³/mol. The summed E-state index contributed by atoms with van der Waals surface area (Å²) in [6.45, 7) is 1.06. The fraction of sp³-hybridized carbons (Fsp3) is 0.318. The Morgan fingerprint density at radius 3 is 2.61 bits per heavy atom. The highest BCUT2D eigenvalue weighted by molar-refractivity contribution is 8.18. The van der Waals surface area contributed by atoms with Gasteiger partial charge in [0.25, 0.3) is 17.1 Å². The highest BCUT2D eigenvalue weighted by atomic mass is 32.2. The molecule has 33 heavy (non-hydrogen) atoms. The van der Waals surface area contributed by atoms with Gasteiger partial charge in [-0.25, -0.2) is 8.42 Å². The number of imide groups is 1. The number of carbonyl (C=O) groups is 3. The Morgan fingerprint density at radius 1 is 1.09 bits per heavy atom. The maximum Gasteiger partial charge on any atom is 0.293 e. The first-order chi connectivity index (χ1) is 15.9. The summed E-state index contributed by atoms with van der Waals surface area (Å²) >= 11 is 2.35. The third-order valence-electron chi connectivity index (χ3n) is 5.36. The average molecular weight is 506 g/mol. The van der Waals surface area contributed by atoms with E-state index < -0.39 is 15.9 Å². The molecule has 2 fully saturated rings. The van der Waals surface area contributed by atoms with Gasteiger partial charge in [-0.05, 0) is 60.3 Å². The first-order valence-corrected chi connectivity index (χ1v) is 13.7. The van der Waals surface area contributed by atoms with Crippen LogP contribution in [-0.4, -0.2) is 60.9 Å².